The van der Waals surface area contributed by atoms with E-state index in [1.807, 2.05) is 4.72 Å². The Labute approximate surface area is 162 Å². The number of carbonyl (C=O) groups excluding carboxylic acids is 1. The molecule has 0 saturated heterocycles. The van der Waals surface area contributed by atoms with Crippen molar-refractivity contribution in [3.63, 3.8) is 0 Å². The van der Waals surface area contributed by atoms with Crippen molar-refractivity contribution in [3.8, 4) is 0 Å². The quantitative estimate of drug-likeness (QED) is 0.731. The van der Waals surface area contributed by atoms with E-state index >= 15 is 0 Å². The number of alkyl halides is 3. The molecule has 1 amide bonds. The van der Waals surface area contributed by atoms with Crippen LogP contribution in [0.5, 0.6) is 0 Å². The molecular formula is C16H11Cl2F3N2O3S. The van der Waals surface area contributed by atoms with Crippen molar-refractivity contribution in [1.29, 1.82) is 0 Å². The Hall–Kier alpha value is -1.84. The van der Waals surface area contributed by atoms with Crippen molar-refractivity contribution in [2.75, 3.05) is 0 Å². The third-order valence-electron chi connectivity index (χ3n) is 4.09. The summed E-state index contributed by atoms with van der Waals surface area (Å²) in [7, 11) is -4.23. The topological polar surface area (TPSA) is 76.1 Å². The molecule has 0 bridgehead atoms. The number of sulfonamides is 1. The molecule has 1 N–H and O–H groups in total. The van der Waals surface area contributed by atoms with Crippen LogP contribution in [0.1, 0.15) is 23.5 Å². The number of nitrogens with one attached hydrogen (secondary N) is 1. The summed E-state index contributed by atoms with van der Waals surface area (Å²) in [5.41, 5.74) is -0.487. The Morgan fingerprint density at radius 2 is 1.93 bits per heavy atom. The lowest BCUT2D eigenvalue weighted by atomic mass is 10.1. The van der Waals surface area contributed by atoms with Gasteiger partial charge in [-0.2, -0.15) is 13.2 Å². The minimum absolute atomic E-state index is 0.0891. The maximum Gasteiger partial charge on any atom is 0.416 e. The van der Waals surface area contributed by atoms with Gasteiger partial charge in [0.25, 0.3) is 10.0 Å². The van der Waals surface area contributed by atoms with Gasteiger partial charge in [-0.3, -0.25) is 4.79 Å². The summed E-state index contributed by atoms with van der Waals surface area (Å²) in [5, 5.41) is -0.186. The van der Waals surface area contributed by atoms with Crippen LogP contribution in [0.2, 0.25) is 10.2 Å². The van der Waals surface area contributed by atoms with Gasteiger partial charge >= 0.3 is 6.18 Å². The number of carbonyl (C=O) groups is 1. The first kappa shape index (κ1) is 19.9. The molecular weight excluding hydrogens is 428 g/mol. The van der Waals surface area contributed by atoms with Crippen LogP contribution in [0.4, 0.5) is 13.2 Å². The van der Waals surface area contributed by atoms with Gasteiger partial charge in [-0.15, -0.1) is 0 Å². The Kier molecular flexibility index (Phi) is 5.13. The first-order valence-electron chi connectivity index (χ1n) is 7.54. The standard InChI is InChI=1S/C16H11Cl2F3N2O3S/c17-13-5-10(7-22-14(13)18)27(25,26)23-15(24)12-6-11(12)8-2-1-3-9(4-8)16(19,20)21/h1-5,7,11-12H,6H2,(H,23,24)/t11-,12+/m1/s1. The summed E-state index contributed by atoms with van der Waals surface area (Å²) < 4.78 is 64.8. The van der Waals surface area contributed by atoms with Crippen molar-refractivity contribution in [2.24, 2.45) is 5.92 Å². The van der Waals surface area contributed by atoms with Gasteiger partial charge < -0.3 is 0 Å². The minimum atomic E-state index is -4.49. The van der Waals surface area contributed by atoms with Crippen LogP contribution in [0.3, 0.4) is 0 Å². The number of rotatable bonds is 4. The first-order valence-corrected chi connectivity index (χ1v) is 9.78. The molecule has 1 aliphatic rings. The minimum Gasteiger partial charge on any atom is -0.274 e. The number of benzene rings is 1. The van der Waals surface area contributed by atoms with Crippen LogP contribution in [0.15, 0.2) is 41.4 Å². The molecule has 11 heteroatoms. The van der Waals surface area contributed by atoms with E-state index in [1.165, 1.54) is 12.1 Å². The van der Waals surface area contributed by atoms with E-state index in [1.54, 1.807) is 0 Å². The second-order valence-electron chi connectivity index (χ2n) is 5.99. The SMILES string of the molecule is O=C(NS(=O)(=O)c1cnc(Cl)c(Cl)c1)[C@H]1C[C@@H]1c1cccc(C(F)(F)F)c1. The molecule has 0 spiro atoms. The highest BCUT2D eigenvalue weighted by Gasteiger charge is 2.46. The molecule has 1 saturated carbocycles. The van der Waals surface area contributed by atoms with Crippen LogP contribution < -0.4 is 4.72 Å². The highest BCUT2D eigenvalue weighted by molar-refractivity contribution is 7.90. The largest absolute Gasteiger partial charge is 0.416 e. The molecule has 3 rings (SSSR count). The zero-order chi connectivity index (χ0) is 20.0. The summed E-state index contributed by atoms with van der Waals surface area (Å²) in [6, 6.07) is 5.68. The van der Waals surface area contributed by atoms with E-state index in [0.717, 1.165) is 24.4 Å². The fraction of sp³-hybridized carbons (Fsp3) is 0.250. The molecule has 2 atom stereocenters. The van der Waals surface area contributed by atoms with Crippen molar-refractivity contribution in [1.82, 2.24) is 9.71 Å². The summed E-state index contributed by atoms with van der Waals surface area (Å²) in [6.07, 6.45) is -3.30. The van der Waals surface area contributed by atoms with Gasteiger partial charge in [-0.05, 0) is 30.0 Å². The van der Waals surface area contributed by atoms with E-state index in [-0.39, 0.29) is 21.5 Å². The molecule has 27 heavy (non-hydrogen) atoms. The molecule has 1 aromatic carbocycles. The molecule has 1 fully saturated rings. The van der Waals surface area contributed by atoms with Crippen molar-refractivity contribution < 1.29 is 26.4 Å². The van der Waals surface area contributed by atoms with Crippen molar-refractivity contribution in [3.05, 3.63) is 57.8 Å². The number of nitrogens with zero attached hydrogens (tertiary/aromatic N) is 1. The predicted octanol–water partition coefficient (Wildman–Crippen LogP) is 4.02. The molecule has 0 unspecified atom stereocenters. The second kappa shape index (κ2) is 6.96. The zero-order valence-electron chi connectivity index (χ0n) is 13.3. The fourth-order valence-electron chi connectivity index (χ4n) is 2.62. The second-order valence-corrected chi connectivity index (χ2v) is 8.43. The number of hydrogen-bond acceptors (Lipinski definition) is 4. The van der Waals surface area contributed by atoms with E-state index in [2.05, 4.69) is 4.98 Å². The summed E-state index contributed by atoms with van der Waals surface area (Å²) >= 11 is 11.3. The number of halogens is 5. The molecule has 2 aromatic rings. The molecule has 0 aliphatic heterocycles. The molecule has 144 valence electrons. The number of amides is 1. The van der Waals surface area contributed by atoms with Crippen LogP contribution in [-0.4, -0.2) is 19.3 Å². The Bertz CT molecular complexity index is 1010. The van der Waals surface area contributed by atoms with Gasteiger partial charge in [-0.1, -0.05) is 41.4 Å². The third kappa shape index (κ3) is 4.36. The van der Waals surface area contributed by atoms with Gasteiger partial charge in [0.1, 0.15) is 10.0 Å². The lowest BCUT2D eigenvalue weighted by molar-refractivity contribution is -0.137. The normalized spacial score (nSPS) is 19.6. The zero-order valence-corrected chi connectivity index (χ0v) is 15.6. The molecule has 1 aliphatic carbocycles. The first-order chi connectivity index (χ1) is 12.5. The van der Waals surface area contributed by atoms with E-state index < -0.39 is 39.5 Å². The average Bonchev–Trinajstić information content (AvgIpc) is 3.37. The van der Waals surface area contributed by atoms with Gasteiger partial charge in [0.15, 0.2) is 0 Å². The van der Waals surface area contributed by atoms with E-state index in [9.17, 15) is 26.4 Å². The fourth-order valence-corrected chi connectivity index (χ4v) is 3.95. The molecule has 1 aromatic heterocycles. The van der Waals surface area contributed by atoms with E-state index in [4.69, 9.17) is 23.2 Å². The predicted molar refractivity (Wildman–Crippen MR) is 91.9 cm³/mol. The molecule has 1 heterocycles. The maximum atomic E-state index is 12.8. The van der Waals surface area contributed by atoms with Crippen LogP contribution in [0.25, 0.3) is 0 Å². The van der Waals surface area contributed by atoms with E-state index in [0.29, 0.717) is 5.56 Å². The maximum absolute atomic E-state index is 12.8. The average molecular weight is 439 g/mol. The Balaban J connectivity index is 1.72. The van der Waals surface area contributed by atoms with Gasteiger partial charge in [-0.25, -0.2) is 18.1 Å². The number of pyridine rings is 1. The number of aromatic nitrogens is 1. The van der Waals surface area contributed by atoms with Crippen LogP contribution in [0, 0.1) is 5.92 Å². The molecule has 0 radical (unpaired) electrons. The van der Waals surface area contributed by atoms with Crippen molar-refractivity contribution >= 4 is 39.1 Å². The van der Waals surface area contributed by atoms with Gasteiger partial charge in [0.2, 0.25) is 5.91 Å². The monoisotopic (exact) mass is 438 g/mol. The van der Waals surface area contributed by atoms with Gasteiger partial charge in [0.05, 0.1) is 10.6 Å². The Morgan fingerprint density at radius 3 is 2.56 bits per heavy atom. The van der Waals surface area contributed by atoms with Gasteiger partial charge in [0, 0.05) is 12.1 Å². The van der Waals surface area contributed by atoms with Crippen LogP contribution in [-0.2, 0) is 21.0 Å². The lowest BCUT2D eigenvalue weighted by Gasteiger charge is -2.09. The lowest BCUT2D eigenvalue weighted by Crippen LogP contribution is -2.32. The third-order valence-corrected chi connectivity index (χ3v) is 6.09. The summed E-state index contributed by atoms with van der Waals surface area (Å²) in [4.78, 5) is 15.5. The smallest absolute Gasteiger partial charge is 0.274 e. The summed E-state index contributed by atoms with van der Waals surface area (Å²) in [5.74, 6) is -2.02. The highest BCUT2D eigenvalue weighted by atomic mass is 35.5. The highest BCUT2D eigenvalue weighted by Crippen LogP contribution is 2.48. The summed E-state index contributed by atoms with van der Waals surface area (Å²) in [6.45, 7) is 0. The Morgan fingerprint density at radius 1 is 1.22 bits per heavy atom. The van der Waals surface area contributed by atoms with Crippen LogP contribution >= 0.6 is 23.2 Å². The van der Waals surface area contributed by atoms with Crippen molar-refractivity contribution in [2.45, 2.75) is 23.4 Å². The number of hydrogen-bond donors (Lipinski definition) is 1. The molecule has 5 nitrogen and oxygen atoms in total.